The lowest BCUT2D eigenvalue weighted by atomic mass is 10.0. The van der Waals surface area contributed by atoms with E-state index < -0.39 is 0 Å². The van der Waals surface area contributed by atoms with E-state index in [0.717, 1.165) is 16.8 Å². The average Bonchev–Trinajstić information content (AvgIpc) is 2.61. The third-order valence-corrected chi connectivity index (χ3v) is 5.88. The largest absolute Gasteiger partial charge is 0.369 e. The van der Waals surface area contributed by atoms with Gasteiger partial charge < -0.3 is 5.32 Å². The molecule has 0 aromatic carbocycles. The number of hydrogen-bond acceptors (Lipinski definition) is 2. The summed E-state index contributed by atoms with van der Waals surface area (Å²) in [5.41, 5.74) is 2.07. The van der Waals surface area contributed by atoms with Gasteiger partial charge in [0.1, 0.15) is 5.82 Å². The van der Waals surface area contributed by atoms with Crippen LogP contribution in [-0.2, 0) is 0 Å². The molecule has 1 aliphatic rings. The fourth-order valence-electron chi connectivity index (χ4n) is 2.71. The minimum Gasteiger partial charge on any atom is -0.369 e. The van der Waals surface area contributed by atoms with E-state index >= 15 is 0 Å². The quantitative estimate of drug-likeness (QED) is 0.902. The van der Waals surface area contributed by atoms with Crippen molar-refractivity contribution in [3.8, 4) is 0 Å². The number of halogens is 1. The molecule has 3 heteroatoms. The summed E-state index contributed by atoms with van der Waals surface area (Å²) < 4.78 is 1.08. The minimum atomic E-state index is 0.427. The SMILES string of the molecule is Cc1ccnc(NCC2C(C)(C)C2(C)C)c1Br. The molecule has 1 saturated carbocycles. The van der Waals surface area contributed by atoms with Gasteiger partial charge in [-0.3, -0.25) is 0 Å². The van der Waals surface area contributed by atoms with Gasteiger partial charge in [-0.1, -0.05) is 27.7 Å². The standard InChI is InChI=1S/C14H21BrN2/c1-9-6-7-16-12(11(9)15)17-8-10-13(2,3)14(10,4)5/h6-7,10H,8H2,1-5H3,(H,16,17). The van der Waals surface area contributed by atoms with Crippen LogP contribution in [0.1, 0.15) is 33.3 Å². The van der Waals surface area contributed by atoms with Crippen LogP contribution < -0.4 is 5.32 Å². The Hall–Kier alpha value is -0.570. The summed E-state index contributed by atoms with van der Waals surface area (Å²) >= 11 is 3.58. The van der Waals surface area contributed by atoms with Gasteiger partial charge in [-0.15, -0.1) is 0 Å². The molecule has 17 heavy (non-hydrogen) atoms. The molecule has 1 heterocycles. The molecular formula is C14H21BrN2. The summed E-state index contributed by atoms with van der Waals surface area (Å²) in [5, 5.41) is 3.47. The number of nitrogens with zero attached hydrogens (tertiary/aromatic N) is 1. The second-order valence-corrected chi connectivity index (χ2v) is 6.96. The van der Waals surface area contributed by atoms with Crippen LogP contribution in [0.5, 0.6) is 0 Å². The molecule has 0 amide bonds. The molecule has 0 saturated heterocycles. The lowest BCUT2D eigenvalue weighted by Gasteiger charge is -2.09. The predicted molar refractivity (Wildman–Crippen MR) is 76.2 cm³/mol. The number of aromatic nitrogens is 1. The molecule has 2 rings (SSSR count). The van der Waals surface area contributed by atoms with E-state index in [4.69, 9.17) is 0 Å². The summed E-state index contributed by atoms with van der Waals surface area (Å²) in [7, 11) is 0. The predicted octanol–water partition coefficient (Wildman–Crippen LogP) is 4.25. The van der Waals surface area contributed by atoms with Crippen molar-refractivity contribution < 1.29 is 0 Å². The van der Waals surface area contributed by atoms with Gasteiger partial charge in [0.15, 0.2) is 0 Å². The number of aryl methyl sites for hydroxylation is 1. The van der Waals surface area contributed by atoms with E-state index in [1.54, 1.807) is 0 Å². The molecule has 1 N–H and O–H groups in total. The van der Waals surface area contributed by atoms with Crippen molar-refractivity contribution in [1.29, 1.82) is 0 Å². The molecule has 0 bridgehead atoms. The molecule has 0 spiro atoms. The first kappa shape index (κ1) is 12.9. The van der Waals surface area contributed by atoms with Crippen molar-refractivity contribution >= 4 is 21.7 Å². The minimum absolute atomic E-state index is 0.427. The van der Waals surface area contributed by atoms with E-state index in [2.05, 4.69) is 60.8 Å². The Labute approximate surface area is 112 Å². The summed E-state index contributed by atoms with van der Waals surface area (Å²) in [6.45, 7) is 12.5. The van der Waals surface area contributed by atoms with Crippen molar-refractivity contribution in [2.75, 3.05) is 11.9 Å². The van der Waals surface area contributed by atoms with Crippen LogP contribution in [0, 0.1) is 23.7 Å². The van der Waals surface area contributed by atoms with Crippen molar-refractivity contribution in [2.24, 2.45) is 16.7 Å². The number of rotatable bonds is 3. The van der Waals surface area contributed by atoms with E-state index in [1.165, 1.54) is 5.56 Å². The van der Waals surface area contributed by atoms with Crippen LogP contribution in [0.15, 0.2) is 16.7 Å². The first-order valence-corrected chi connectivity index (χ1v) is 6.92. The van der Waals surface area contributed by atoms with Crippen molar-refractivity contribution in [3.05, 3.63) is 22.3 Å². The fraction of sp³-hybridized carbons (Fsp3) is 0.643. The maximum absolute atomic E-state index is 4.38. The molecule has 1 fully saturated rings. The number of pyridine rings is 1. The first-order chi connectivity index (χ1) is 7.78. The Morgan fingerprint density at radius 1 is 1.29 bits per heavy atom. The monoisotopic (exact) mass is 296 g/mol. The molecule has 94 valence electrons. The topological polar surface area (TPSA) is 24.9 Å². The van der Waals surface area contributed by atoms with Crippen LogP contribution in [-0.4, -0.2) is 11.5 Å². The number of hydrogen-bond donors (Lipinski definition) is 1. The Morgan fingerprint density at radius 2 is 1.88 bits per heavy atom. The highest BCUT2D eigenvalue weighted by Crippen LogP contribution is 2.68. The summed E-state index contributed by atoms with van der Waals surface area (Å²) in [6.07, 6.45) is 1.85. The van der Waals surface area contributed by atoms with Gasteiger partial charge in [0.2, 0.25) is 0 Å². The molecule has 1 aromatic heterocycles. The van der Waals surface area contributed by atoms with Crippen LogP contribution in [0.25, 0.3) is 0 Å². The molecule has 0 unspecified atom stereocenters. The lowest BCUT2D eigenvalue weighted by molar-refractivity contribution is 0.457. The Balaban J connectivity index is 2.03. The maximum atomic E-state index is 4.38. The zero-order chi connectivity index (χ0) is 12.8. The van der Waals surface area contributed by atoms with Crippen molar-refractivity contribution in [2.45, 2.75) is 34.6 Å². The molecule has 0 atom stereocenters. The number of anilines is 1. The molecule has 0 radical (unpaired) electrons. The van der Waals surface area contributed by atoms with Crippen LogP contribution >= 0.6 is 15.9 Å². The molecular weight excluding hydrogens is 276 g/mol. The van der Waals surface area contributed by atoms with Crippen LogP contribution in [0.3, 0.4) is 0 Å². The smallest absolute Gasteiger partial charge is 0.140 e. The average molecular weight is 297 g/mol. The van der Waals surface area contributed by atoms with Gasteiger partial charge in [-0.2, -0.15) is 0 Å². The summed E-state index contributed by atoms with van der Waals surface area (Å²) in [6, 6.07) is 2.01. The second kappa shape index (κ2) is 3.98. The highest BCUT2D eigenvalue weighted by atomic mass is 79.9. The van der Waals surface area contributed by atoms with E-state index in [9.17, 15) is 0 Å². The molecule has 2 nitrogen and oxygen atoms in total. The van der Waals surface area contributed by atoms with E-state index in [-0.39, 0.29) is 0 Å². The van der Waals surface area contributed by atoms with Gasteiger partial charge in [-0.25, -0.2) is 4.98 Å². The van der Waals surface area contributed by atoms with Crippen molar-refractivity contribution in [1.82, 2.24) is 4.98 Å². The third kappa shape index (κ3) is 1.99. The Kier molecular flexibility index (Phi) is 3.01. The van der Waals surface area contributed by atoms with E-state index in [0.29, 0.717) is 16.7 Å². The van der Waals surface area contributed by atoms with Gasteiger partial charge in [0, 0.05) is 12.7 Å². The van der Waals surface area contributed by atoms with Crippen LogP contribution in [0.4, 0.5) is 5.82 Å². The van der Waals surface area contributed by atoms with Gasteiger partial charge in [0.25, 0.3) is 0 Å². The Morgan fingerprint density at radius 3 is 2.41 bits per heavy atom. The highest BCUT2D eigenvalue weighted by Gasteiger charge is 2.64. The first-order valence-electron chi connectivity index (χ1n) is 6.13. The molecule has 1 aliphatic carbocycles. The maximum Gasteiger partial charge on any atom is 0.140 e. The molecule has 0 aliphatic heterocycles. The number of nitrogens with one attached hydrogen (secondary N) is 1. The molecule has 1 aromatic rings. The van der Waals surface area contributed by atoms with Gasteiger partial charge in [-0.05, 0) is 51.2 Å². The van der Waals surface area contributed by atoms with Gasteiger partial charge in [0.05, 0.1) is 4.47 Å². The normalized spacial score (nSPS) is 21.3. The summed E-state index contributed by atoms with van der Waals surface area (Å²) in [5.74, 6) is 1.67. The van der Waals surface area contributed by atoms with Crippen molar-refractivity contribution in [3.63, 3.8) is 0 Å². The highest BCUT2D eigenvalue weighted by molar-refractivity contribution is 9.10. The van der Waals surface area contributed by atoms with Crippen LogP contribution in [0.2, 0.25) is 0 Å². The zero-order valence-electron chi connectivity index (χ0n) is 11.3. The Bertz CT molecular complexity index is 424. The third-order valence-electron chi connectivity index (χ3n) is 4.88. The lowest BCUT2D eigenvalue weighted by Crippen LogP contribution is -2.10. The van der Waals surface area contributed by atoms with Gasteiger partial charge >= 0.3 is 0 Å². The zero-order valence-corrected chi connectivity index (χ0v) is 12.9. The summed E-state index contributed by atoms with van der Waals surface area (Å²) in [4.78, 5) is 4.38. The van der Waals surface area contributed by atoms with E-state index in [1.807, 2.05) is 12.3 Å². The fourth-order valence-corrected chi connectivity index (χ4v) is 3.08. The second-order valence-electron chi connectivity index (χ2n) is 6.17.